The molecule has 0 spiro atoms. The largest absolute Gasteiger partial charge is 0.518 e. The zero-order valence-electron chi connectivity index (χ0n) is 64.5. The van der Waals surface area contributed by atoms with E-state index >= 15 is 0 Å². The molecular weight excluding hydrogens is 1560 g/mol. The van der Waals surface area contributed by atoms with Crippen LogP contribution in [0.3, 0.4) is 0 Å². The summed E-state index contributed by atoms with van der Waals surface area (Å²) in [5, 5.41) is 65.3. The first-order valence-electron chi connectivity index (χ1n) is 36.1. The number of halogens is 1. The number of nitrogens with two attached hydrogens (primary N) is 2. The lowest BCUT2D eigenvalue weighted by Gasteiger charge is -2.09. The van der Waals surface area contributed by atoms with Crippen LogP contribution in [0.25, 0.3) is 59.6 Å². The van der Waals surface area contributed by atoms with Crippen molar-refractivity contribution < 1.29 is 53.0 Å². The second kappa shape index (κ2) is 46.8. The summed E-state index contributed by atoms with van der Waals surface area (Å²) in [6.07, 6.45) is 1.40. The van der Waals surface area contributed by atoms with Crippen molar-refractivity contribution in [1.29, 1.82) is 21.0 Å². The number of anilines is 2. The lowest BCUT2D eigenvalue weighted by molar-refractivity contribution is 0.0696. The predicted molar refractivity (Wildman–Crippen MR) is 462 cm³/mol. The third kappa shape index (κ3) is 26.9. The molecule has 122 heavy (non-hydrogen) atoms. The van der Waals surface area contributed by atoms with Gasteiger partial charge in [-0.2, -0.15) is 20.7 Å². The van der Waals surface area contributed by atoms with Crippen molar-refractivity contribution in [1.82, 2.24) is 30.4 Å². The van der Waals surface area contributed by atoms with Gasteiger partial charge < -0.3 is 54.8 Å². The van der Waals surface area contributed by atoms with Crippen LogP contribution >= 0.6 is 11.6 Å². The Bertz CT molecular complexity index is 6150. The molecule has 27 heteroatoms. The van der Waals surface area contributed by atoms with Gasteiger partial charge in [-0.1, -0.05) is 121 Å². The third-order valence-corrected chi connectivity index (χ3v) is 16.3. The Morgan fingerprint density at radius 2 is 0.713 bits per heavy atom. The molecule has 0 bridgehead atoms. The Hall–Kier alpha value is -18.3. The number of benzene rings is 12. The average Bonchev–Trinajstić information content (AvgIpc) is 1.65. The number of H-pyrrole nitrogens is 2. The topological polar surface area (TPSA) is 383 Å². The molecule has 596 valence electrons. The number of carboxylic acid groups (broad SMARTS) is 1. The number of nitrogens with one attached hydrogen (secondary N) is 2. The van der Waals surface area contributed by atoms with Crippen LogP contribution in [0.4, 0.5) is 17.3 Å². The summed E-state index contributed by atoms with van der Waals surface area (Å²) >= 11 is 5.34. The average molecular weight is 1630 g/mol. The van der Waals surface area contributed by atoms with Gasteiger partial charge in [0.1, 0.15) is 99.1 Å². The number of aliphatic hydroxyl groups excluding tert-OH is 1. The number of carboxylic acids is 1. The molecule has 0 saturated heterocycles. The lowest BCUT2D eigenvalue weighted by Crippen LogP contribution is -1.95. The molecule has 26 nitrogen and oxygen atoms in total. The summed E-state index contributed by atoms with van der Waals surface area (Å²) in [5.74, 6) is 8.17. The van der Waals surface area contributed by atoms with Crippen molar-refractivity contribution in [2.75, 3.05) is 18.6 Å². The van der Waals surface area contributed by atoms with E-state index < -0.39 is 11.2 Å². The van der Waals surface area contributed by atoms with Crippen LogP contribution in [0.15, 0.2) is 345 Å². The number of ether oxygens (including phenoxy) is 7. The van der Waals surface area contributed by atoms with Crippen LogP contribution in [0.5, 0.6) is 69.0 Å². The Morgan fingerprint density at radius 1 is 0.402 bits per heavy atom. The van der Waals surface area contributed by atoms with Crippen molar-refractivity contribution in [3.8, 4) is 116 Å². The van der Waals surface area contributed by atoms with Gasteiger partial charge >= 0.3 is 17.4 Å². The van der Waals surface area contributed by atoms with E-state index in [2.05, 4.69) is 44.9 Å². The number of nitriles is 4. The minimum absolute atomic E-state index is 0. The monoisotopic (exact) mass is 1630 g/mol. The van der Waals surface area contributed by atoms with Crippen LogP contribution < -0.4 is 39.9 Å². The fourth-order valence-corrected chi connectivity index (χ4v) is 10.5. The summed E-state index contributed by atoms with van der Waals surface area (Å²) in [6, 6.07) is 105. The first kappa shape index (κ1) is 87.7. The number of aromatic amines is 2. The molecule has 15 aromatic rings. The molecule has 12 aromatic carbocycles. The molecule has 8 N–H and O–H groups in total. The number of aromatic carboxylic acids is 1. The van der Waals surface area contributed by atoms with E-state index in [1.807, 2.05) is 237 Å². The molecule has 0 aliphatic rings. The number of fused-ring (bicyclic) bond motifs is 1. The Kier molecular flexibility index (Phi) is 33.6. The van der Waals surface area contributed by atoms with Crippen molar-refractivity contribution in [2.45, 2.75) is 6.42 Å². The molecule has 3 heterocycles. The summed E-state index contributed by atoms with van der Waals surface area (Å²) in [5.41, 5.74) is 17.0. The zero-order chi connectivity index (χ0) is 86.6. The highest BCUT2D eigenvalue weighted by atomic mass is 35.5. The number of carbonyl (C=O) groups is 2. The molecule has 0 aliphatic heterocycles. The number of nitrogens with zero attached hydrogens (tertiary/aromatic N) is 11. The molecule has 0 fully saturated rings. The smallest absolute Gasteiger partial charge is 0.335 e. The summed E-state index contributed by atoms with van der Waals surface area (Å²) < 4.78 is 39.0. The Morgan fingerprint density at radius 3 is 1.02 bits per heavy atom. The second-order valence-corrected chi connectivity index (χ2v) is 24.6. The summed E-state index contributed by atoms with van der Waals surface area (Å²) in [7, 11) is 1.44. The van der Waals surface area contributed by atoms with Gasteiger partial charge in [0.05, 0.1) is 73.4 Å². The minimum atomic E-state index is -0.939. The summed E-state index contributed by atoms with van der Waals surface area (Å²) in [4.78, 5) is 39.1. The van der Waals surface area contributed by atoms with Gasteiger partial charge in [0.2, 0.25) is 0 Å². The number of para-hydroxylation sites is 6. The number of nitrogen functional groups attached to an aromatic ring is 2. The molecule has 0 amide bonds. The highest BCUT2D eigenvalue weighted by Gasteiger charge is 2.16. The van der Waals surface area contributed by atoms with Gasteiger partial charge in [-0.05, 0) is 223 Å². The van der Waals surface area contributed by atoms with Gasteiger partial charge in [0, 0.05) is 22.3 Å². The fourth-order valence-electron chi connectivity index (χ4n) is 10.3. The number of methoxy groups -OCH3 is 1. The highest BCUT2D eigenvalue weighted by molar-refractivity contribution is 6.67. The van der Waals surface area contributed by atoms with Crippen molar-refractivity contribution in [2.24, 2.45) is 0 Å². The first-order valence-corrected chi connectivity index (χ1v) is 36.5. The standard InChI is InChI=1S/C17H13N5O.C17H12N2O2.C16H12N4O.C16H10N2O2.C13H9ClO2.C13H10O3.C3H2N2/c18-16-14-15(21-22-17(14)20-10-19-16)11-6-8-13(9-7-11)23-12-4-2-1-3-5-12;1-19-16(12-18)17(20-2)13-8-10-15(11-9-13)21-14-6-4-3-5-7-14;1-18-15-14(19-20-16(15)17)11-7-9-13(10-8-11)21-12-5-3-2-4-6-12;1-18-15(11-17)16(19)12-7-9-14(10-8-12)20-13-5-3-2-4-6-13;2*14-13(15)10-6-8-12(9-7-10)16-11-4-2-1-3-5-11;4-2-1-3-5/h1-10H,(H3,18,19,20,21,22);3-11H,2H3;2-10H,(H3,17,19,20);2-10,19H;1-9H;1-9H,(H,14,15);1H2/b;17-16+;;16-15+;;;. The van der Waals surface area contributed by atoms with Crippen LogP contribution in [0.1, 0.15) is 38.3 Å². The van der Waals surface area contributed by atoms with Gasteiger partial charge in [0.25, 0.3) is 10.9 Å². The van der Waals surface area contributed by atoms with Crippen molar-refractivity contribution in [3.63, 3.8) is 0 Å². The third-order valence-electron chi connectivity index (χ3n) is 16.1. The molecule has 0 unspecified atom stereocenters. The van der Waals surface area contributed by atoms with Crippen LogP contribution in [0, 0.1) is 65.0 Å². The zero-order valence-corrected chi connectivity index (χ0v) is 65.2. The first-order chi connectivity index (χ1) is 59.5. The highest BCUT2D eigenvalue weighted by Crippen LogP contribution is 2.36. The normalized spacial score (nSPS) is 10.2. The maximum absolute atomic E-state index is 10.8. The second-order valence-electron chi connectivity index (χ2n) is 24.2. The predicted octanol–water partition coefficient (Wildman–Crippen LogP) is 23.2. The molecule has 15 rings (SSSR count). The number of aliphatic hydroxyl groups is 1. The maximum atomic E-state index is 10.8. The van der Waals surface area contributed by atoms with E-state index in [1.54, 1.807) is 103 Å². The van der Waals surface area contributed by atoms with E-state index in [4.69, 9.17) is 102 Å². The summed E-state index contributed by atoms with van der Waals surface area (Å²) in [6.45, 7) is 20.9. The van der Waals surface area contributed by atoms with Crippen LogP contribution in [-0.2, 0) is 4.74 Å². The van der Waals surface area contributed by atoms with E-state index in [0.717, 1.165) is 62.5 Å². The maximum Gasteiger partial charge on any atom is 0.335 e. The number of hydrogen-bond donors (Lipinski definition) is 6. The molecule has 0 atom stereocenters. The van der Waals surface area contributed by atoms with Crippen LogP contribution in [0.2, 0.25) is 0 Å². The fraction of sp³-hybridized carbons (Fsp3) is 0.0211. The van der Waals surface area contributed by atoms with Gasteiger partial charge in [-0.25, -0.2) is 39.8 Å². The van der Waals surface area contributed by atoms with Crippen LogP contribution in [-0.4, -0.2) is 58.9 Å². The molecule has 0 aliphatic carbocycles. The van der Waals surface area contributed by atoms with E-state index in [1.165, 1.54) is 25.6 Å². The number of carbonyl (C=O) groups excluding carboxylic acids is 1. The number of hydrogen-bond acceptors (Lipinski definition) is 20. The molecule has 0 radical (unpaired) electrons. The number of aromatic nitrogens is 6. The van der Waals surface area contributed by atoms with E-state index in [9.17, 15) is 14.7 Å². The lowest BCUT2D eigenvalue weighted by atomic mass is 10.1. The Balaban J connectivity index is 0.000000165. The molecule has 3 aromatic heterocycles. The minimum Gasteiger partial charge on any atom is -0.518 e. The number of rotatable bonds is 19. The van der Waals surface area contributed by atoms with Gasteiger partial charge in [0.15, 0.2) is 11.5 Å². The Labute approximate surface area is 705 Å². The SMILES string of the molecule is N#CCC#N.Nc1ncnc2n[nH]c(-c3ccc(Oc4ccccc4)cc3)c12.O=C(Cl)c1ccc(Oc2ccccc2)cc1.O=C(O)c1ccc(Oc2ccccc2)cc1.[C-]#[N+]/C(C#N)=C(/O)c1ccc(Oc2ccccc2)cc1.[C-]#[N+]/C(C#N)=C(/OC)c1ccc(Oc2ccccc2)cc1.[C-]#[N+]c1c(N)n[nH]c1-c1ccc(Oc2ccccc2)cc1. The van der Waals surface area contributed by atoms with Crippen molar-refractivity contribution >= 4 is 62.7 Å². The van der Waals surface area contributed by atoms with E-state index in [-0.39, 0.29) is 40.7 Å². The van der Waals surface area contributed by atoms with Gasteiger partial charge in [-0.3, -0.25) is 15.0 Å². The molecule has 0 saturated carbocycles. The number of allylic oxidation sites excluding steroid dienone is 2. The molecular formula is C95H68ClN15O11. The van der Waals surface area contributed by atoms with E-state index in [0.29, 0.717) is 68.3 Å². The quantitative estimate of drug-likeness (QED) is 0.0189. The van der Waals surface area contributed by atoms with Crippen molar-refractivity contribution in [3.05, 3.63) is 402 Å². The van der Waals surface area contributed by atoms with Gasteiger partial charge in [-0.15, -0.1) is 0 Å².